The normalized spacial score (nSPS) is 19.0. The summed E-state index contributed by atoms with van der Waals surface area (Å²) in [5, 5.41) is 8.30. The first-order chi connectivity index (χ1) is 11.7. The minimum absolute atomic E-state index is 0.110. The molecule has 2 heterocycles. The number of methoxy groups -OCH3 is 2. The zero-order valence-corrected chi connectivity index (χ0v) is 14.6. The van der Waals surface area contributed by atoms with Crippen LogP contribution in [0, 0.1) is 0 Å². The van der Waals surface area contributed by atoms with Crippen molar-refractivity contribution in [1.82, 2.24) is 19.7 Å². The van der Waals surface area contributed by atoms with E-state index in [1.165, 1.54) is 30.4 Å². The Morgan fingerprint density at radius 1 is 1.17 bits per heavy atom. The maximum atomic E-state index is 5.55. The van der Waals surface area contributed by atoms with Crippen LogP contribution in [0.4, 0.5) is 0 Å². The Kier molecular flexibility index (Phi) is 3.72. The minimum atomic E-state index is 0.110. The summed E-state index contributed by atoms with van der Waals surface area (Å²) in [4.78, 5) is 2.58. The molecule has 24 heavy (non-hydrogen) atoms. The van der Waals surface area contributed by atoms with Crippen molar-refractivity contribution in [3.05, 3.63) is 35.4 Å². The summed E-state index contributed by atoms with van der Waals surface area (Å²) < 4.78 is 13.1. The maximum absolute atomic E-state index is 5.55. The van der Waals surface area contributed by atoms with Crippen LogP contribution < -0.4 is 9.47 Å². The first-order valence-corrected chi connectivity index (χ1v) is 8.51. The van der Waals surface area contributed by atoms with E-state index in [0.717, 1.165) is 36.8 Å². The summed E-state index contributed by atoms with van der Waals surface area (Å²) in [5.74, 6) is 2.67. The van der Waals surface area contributed by atoms with Gasteiger partial charge in [-0.15, -0.1) is 10.2 Å². The Morgan fingerprint density at radius 2 is 1.92 bits per heavy atom. The fraction of sp³-hybridized carbons (Fsp3) is 0.556. The predicted molar refractivity (Wildman–Crippen MR) is 90.2 cm³/mol. The van der Waals surface area contributed by atoms with Crippen LogP contribution in [0.1, 0.15) is 36.2 Å². The number of nitrogens with zero attached hydrogens (tertiary/aromatic N) is 4. The van der Waals surface area contributed by atoms with Crippen molar-refractivity contribution in [2.24, 2.45) is 7.05 Å². The summed E-state index contributed by atoms with van der Waals surface area (Å²) >= 11 is 0. The van der Waals surface area contributed by atoms with Crippen molar-refractivity contribution in [2.45, 2.75) is 37.8 Å². The van der Waals surface area contributed by atoms with Crippen LogP contribution in [0.2, 0.25) is 0 Å². The van der Waals surface area contributed by atoms with E-state index < -0.39 is 0 Å². The number of aromatic nitrogens is 3. The summed E-state index contributed by atoms with van der Waals surface area (Å²) in [7, 11) is 5.42. The van der Waals surface area contributed by atoms with E-state index in [2.05, 4.69) is 27.2 Å². The highest BCUT2D eigenvalue weighted by atomic mass is 16.5. The molecular formula is C18H24N4O2. The molecule has 0 bridgehead atoms. The van der Waals surface area contributed by atoms with Crippen molar-refractivity contribution < 1.29 is 9.47 Å². The van der Waals surface area contributed by atoms with Gasteiger partial charge in [-0.25, -0.2) is 0 Å². The summed E-state index contributed by atoms with van der Waals surface area (Å²) in [6, 6.07) is 4.35. The molecule has 1 aliphatic carbocycles. The molecule has 0 saturated heterocycles. The van der Waals surface area contributed by atoms with Crippen LogP contribution in [-0.4, -0.2) is 40.4 Å². The van der Waals surface area contributed by atoms with Gasteiger partial charge < -0.3 is 14.0 Å². The van der Waals surface area contributed by atoms with Gasteiger partial charge in [0.25, 0.3) is 0 Å². The first kappa shape index (κ1) is 15.4. The zero-order chi connectivity index (χ0) is 16.7. The van der Waals surface area contributed by atoms with E-state index in [1.54, 1.807) is 20.5 Å². The van der Waals surface area contributed by atoms with Crippen LogP contribution in [0.3, 0.4) is 0 Å². The van der Waals surface area contributed by atoms with Crippen LogP contribution in [-0.2, 0) is 25.6 Å². The van der Waals surface area contributed by atoms with Gasteiger partial charge in [-0.3, -0.25) is 4.90 Å². The van der Waals surface area contributed by atoms with Gasteiger partial charge in [0.1, 0.15) is 12.2 Å². The lowest BCUT2D eigenvalue weighted by molar-refractivity contribution is -0.00729. The number of aryl methyl sites for hydroxylation is 1. The highest BCUT2D eigenvalue weighted by Gasteiger charge is 2.47. The molecule has 0 radical (unpaired) electrons. The van der Waals surface area contributed by atoms with Gasteiger partial charge in [0.05, 0.1) is 20.8 Å². The Hall–Kier alpha value is -2.08. The van der Waals surface area contributed by atoms with E-state index in [4.69, 9.17) is 9.47 Å². The molecule has 0 atom stereocenters. The average Bonchev–Trinajstić information content (AvgIpc) is 2.96. The van der Waals surface area contributed by atoms with Gasteiger partial charge in [0.2, 0.25) is 0 Å². The fourth-order valence-corrected chi connectivity index (χ4v) is 4.15. The highest BCUT2D eigenvalue weighted by Crippen LogP contribution is 2.52. The van der Waals surface area contributed by atoms with Gasteiger partial charge in [-0.05, 0) is 48.9 Å². The summed E-state index contributed by atoms with van der Waals surface area (Å²) in [6.45, 7) is 1.87. The molecule has 1 fully saturated rings. The van der Waals surface area contributed by atoms with Gasteiger partial charge >= 0.3 is 0 Å². The van der Waals surface area contributed by atoms with Crippen molar-refractivity contribution in [2.75, 3.05) is 20.8 Å². The SMILES string of the molecule is COc1cc2c(cc1OC)C1(CCC1)N(Cc1nncn1C)CC2. The van der Waals surface area contributed by atoms with E-state index in [-0.39, 0.29) is 5.54 Å². The van der Waals surface area contributed by atoms with E-state index in [1.807, 2.05) is 11.6 Å². The lowest BCUT2D eigenvalue weighted by Crippen LogP contribution is -2.54. The Bertz CT molecular complexity index is 751. The molecule has 0 amide bonds. The highest BCUT2D eigenvalue weighted by molar-refractivity contribution is 5.51. The number of ether oxygens (including phenoxy) is 2. The van der Waals surface area contributed by atoms with Crippen LogP contribution in [0.15, 0.2) is 18.5 Å². The van der Waals surface area contributed by atoms with Gasteiger partial charge in [-0.2, -0.15) is 0 Å². The monoisotopic (exact) mass is 328 g/mol. The number of hydrogen-bond donors (Lipinski definition) is 0. The number of hydrogen-bond acceptors (Lipinski definition) is 5. The molecule has 0 N–H and O–H groups in total. The van der Waals surface area contributed by atoms with Crippen molar-refractivity contribution in [3.63, 3.8) is 0 Å². The fourth-order valence-electron chi connectivity index (χ4n) is 4.15. The predicted octanol–water partition coefficient (Wildman–Crippen LogP) is 2.27. The van der Waals surface area contributed by atoms with E-state index in [9.17, 15) is 0 Å². The van der Waals surface area contributed by atoms with Crippen molar-refractivity contribution >= 4 is 0 Å². The number of fused-ring (bicyclic) bond motifs is 2. The quantitative estimate of drug-likeness (QED) is 0.862. The average molecular weight is 328 g/mol. The molecule has 128 valence electrons. The van der Waals surface area contributed by atoms with Crippen molar-refractivity contribution in [1.29, 1.82) is 0 Å². The number of rotatable bonds is 4. The summed E-state index contributed by atoms with van der Waals surface area (Å²) in [6.07, 6.45) is 6.44. The molecular weight excluding hydrogens is 304 g/mol. The molecule has 1 aliphatic heterocycles. The van der Waals surface area contributed by atoms with E-state index in [0.29, 0.717) is 0 Å². The molecule has 6 heteroatoms. The maximum Gasteiger partial charge on any atom is 0.161 e. The molecule has 2 aromatic rings. The molecule has 6 nitrogen and oxygen atoms in total. The molecule has 1 aromatic heterocycles. The van der Waals surface area contributed by atoms with Crippen LogP contribution >= 0.6 is 0 Å². The minimum Gasteiger partial charge on any atom is -0.493 e. The molecule has 0 unspecified atom stereocenters. The van der Waals surface area contributed by atoms with E-state index >= 15 is 0 Å². The smallest absolute Gasteiger partial charge is 0.161 e. The lowest BCUT2D eigenvalue weighted by atomic mass is 9.66. The third kappa shape index (κ3) is 2.20. The standard InChI is InChI=1S/C18H24N4O2/c1-21-12-19-20-17(21)11-22-8-5-13-9-15(23-2)16(24-3)10-14(13)18(22)6-4-7-18/h9-10,12H,4-8,11H2,1-3H3. The van der Waals surface area contributed by atoms with Crippen LogP contribution in [0.25, 0.3) is 0 Å². The van der Waals surface area contributed by atoms with Gasteiger partial charge in [0.15, 0.2) is 11.5 Å². The molecule has 1 aromatic carbocycles. The Labute approximate surface area is 142 Å². The number of benzene rings is 1. The molecule has 4 rings (SSSR count). The molecule has 1 spiro atoms. The second-order valence-electron chi connectivity index (χ2n) is 6.78. The van der Waals surface area contributed by atoms with Gasteiger partial charge in [0, 0.05) is 19.1 Å². The molecule has 2 aliphatic rings. The van der Waals surface area contributed by atoms with Crippen molar-refractivity contribution in [3.8, 4) is 11.5 Å². The summed E-state index contributed by atoms with van der Waals surface area (Å²) in [5.41, 5.74) is 2.90. The third-order valence-electron chi connectivity index (χ3n) is 5.69. The third-order valence-corrected chi connectivity index (χ3v) is 5.69. The first-order valence-electron chi connectivity index (χ1n) is 8.51. The largest absolute Gasteiger partial charge is 0.493 e. The van der Waals surface area contributed by atoms with Gasteiger partial charge in [-0.1, -0.05) is 0 Å². The topological polar surface area (TPSA) is 52.4 Å². The van der Waals surface area contributed by atoms with Crippen LogP contribution in [0.5, 0.6) is 11.5 Å². The molecule has 1 saturated carbocycles. The lowest BCUT2D eigenvalue weighted by Gasteiger charge is -2.54. The second kappa shape index (κ2) is 5.77. The zero-order valence-electron chi connectivity index (χ0n) is 14.6. The second-order valence-corrected chi connectivity index (χ2v) is 6.78. The Balaban J connectivity index is 1.73. The Morgan fingerprint density at radius 3 is 2.50 bits per heavy atom.